The van der Waals surface area contributed by atoms with E-state index >= 15 is 0 Å². The molecule has 2 aromatic rings. The van der Waals surface area contributed by atoms with E-state index in [0.717, 1.165) is 24.4 Å². The van der Waals surface area contributed by atoms with Gasteiger partial charge in [0.1, 0.15) is 0 Å². The number of hydrogen-bond donors (Lipinski definition) is 1. The number of carbonyl (C=O) groups is 2. The van der Waals surface area contributed by atoms with Gasteiger partial charge in [-0.05, 0) is 25.1 Å². The minimum Gasteiger partial charge on any atom is -0.339 e. The van der Waals surface area contributed by atoms with E-state index < -0.39 is 0 Å². The summed E-state index contributed by atoms with van der Waals surface area (Å²) in [7, 11) is 0. The van der Waals surface area contributed by atoms with E-state index in [-0.39, 0.29) is 36.7 Å². The monoisotopic (exact) mass is 334 g/mol. The van der Waals surface area contributed by atoms with Crippen molar-refractivity contribution >= 4 is 24.2 Å². The third-order valence-electron chi connectivity index (χ3n) is 4.07. The summed E-state index contributed by atoms with van der Waals surface area (Å²) in [4.78, 5) is 30.0. The van der Waals surface area contributed by atoms with Crippen LogP contribution >= 0.6 is 12.4 Å². The highest BCUT2D eigenvalue weighted by atomic mass is 35.5. The Balaban J connectivity index is 0.00000156. The summed E-state index contributed by atoms with van der Waals surface area (Å²) < 4.78 is 5.26. The van der Waals surface area contributed by atoms with Crippen LogP contribution in [0.5, 0.6) is 0 Å². The van der Waals surface area contributed by atoms with E-state index in [2.05, 4.69) is 15.5 Å². The standard InChI is InChI=1S/C15H14N4O3.ClH/c20-14-10-3-1-2-4-11(10)15(21)19(14)8-12-17-13(22-18-12)9-5-6-16-7-9;/h1-4,9,16H,5-8H2;1H. The number of benzene rings is 1. The molecular formula is C15H15ClN4O3. The maximum Gasteiger partial charge on any atom is 0.261 e. The molecule has 0 saturated carbocycles. The molecule has 0 aliphatic carbocycles. The lowest BCUT2D eigenvalue weighted by atomic mass is 10.1. The van der Waals surface area contributed by atoms with Crippen molar-refractivity contribution < 1.29 is 14.1 Å². The first-order valence-corrected chi connectivity index (χ1v) is 7.22. The Hall–Kier alpha value is -2.25. The van der Waals surface area contributed by atoms with E-state index in [1.54, 1.807) is 24.3 Å². The average molecular weight is 335 g/mol. The van der Waals surface area contributed by atoms with Crippen molar-refractivity contribution in [3.63, 3.8) is 0 Å². The topological polar surface area (TPSA) is 88.3 Å². The van der Waals surface area contributed by atoms with Crippen molar-refractivity contribution in [3.05, 3.63) is 47.1 Å². The molecule has 2 aliphatic rings. The van der Waals surface area contributed by atoms with Gasteiger partial charge in [0.05, 0.1) is 23.6 Å². The molecule has 1 unspecified atom stereocenters. The minimum atomic E-state index is -0.311. The Bertz CT molecular complexity index is 720. The molecule has 1 N–H and O–H groups in total. The van der Waals surface area contributed by atoms with Gasteiger partial charge < -0.3 is 9.84 Å². The van der Waals surface area contributed by atoms with E-state index in [1.807, 2.05) is 0 Å². The Morgan fingerprint density at radius 1 is 1.22 bits per heavy atom. The molecule has 1 fully saturated rings. The molecule has 7 nitrogen and oxygen atoms in total. The fourth-order valence-corrected chi connectivity index (χ4v) is 2.89. The lowest BCUT2D eigenvalue weighted by Gasteiger charge is -2.10. The van der Waals surface area contributed by atoms with Crippen molar-refractivity contribution in [2.45, 2.75) is 18.9 Å². The number of fused-ring (bicyclic) bond motifs is 1. The summed E-state index contributed by atoms with van der Waals surface area (Å²) in [6.45, 7) is 1.78. The fourth-order valence-electron chi connectivity index (χ4n) is 2.89. The van der Waals surface area contributed by atoms with E-state index in [4.69, 9.17) is 4.52 Å². The number of carbonyl (C=O) groups excluding carboxylic acids is 2. The minimum absolute atomic E-state index is 0. The predicted molar refractivity (Wildman–Crippen MR) is 82.4 cm³/mol. The van der Waals surface area contributed by atoms with Crippen LogP contribution in [-0.4, -0.2) is 39.9 Å². The van der Waals surface area contributed by atoms with Gasteiger partial charge in [-0.15, -0.1) is 12.4 Å². The quantitative estimate of drug-likeness (QED) is 0.853. The average Bonchev–Trinajstić information content (AvgIpc) is 3.25. The molecule has 0 spiro atoms. The summed E-state index contributed by atoms with van der Waals surface area (Å²) in [5.41, 5.74) is 0.854. The molecular weight excluding hydrogens is 320 g/mol. The van der Waals surface area contributed by atoms with Gasteiger partial charge in [-0.1, -0.05) is 17.3 Å². The molecule has 1 aromatic carbocycles. The highest BCUT2D eigenvalue weighted by Crippen LogP contribution is 2.25. The smallest absolute Gasteiger partial charge is 0.261 e. The zero-order chi connectivity index (χ0) is 15.1. The van der Waals surface area contributed by atoms with Crippen LogP contribution in [-0.2, 0) is 6.54 Å². The molecule has 1 aromatic heterocycles. The highest BCUT2D eigenvalue weighted by Gasteiger charge is 2.36. The van der Waals surface area contributed by atoms with Gasteiger partial charge in [0.15, 0.2) is 5.82 Å². The Labute approximate surface area is 138 Å². The third kappa shape index (κ3) is 2.62. The summed E-state index contributed by atoms with van der Waals surface area (Å²) in [6, 6.07) is 6.79. The Kier molecular flexibility index (Phi) is 4.14. The summed E-state index contributed by atoms with van der Waals surface area (Å²) in [5, 5.41) is 7.13. The second-order valence-electron chi connectivity index (χ2n) is 5.48. The lowest BCUT2D eigenvalue weighted by Crippen LogP contribution is -2.29. The van der Waals surface area contributed by atoms with Gasteiger partial charge in [0.25, 0.3) is 11.8 Å². The van der Waals surface area contributed by atoms with Crippen LogP contribution in [0.25, 0.3) is 0 Å². The molecule has 1 atom stereocenters. The first kappa shape index (κ1) is 15.6. The van der Waals surface area contributed by atoms with Gasteiger partial charge in [-0.3, -0.25) is 14.5 Å². The number of nitrogens with zero attached hydrogens (tertiary/aromatic N) is 3. The SMILES string of the molecule is Cl.O=C1c2ccccc2C(=O)N1Cc1noc(C2CCNC2)n1. The van der Waals surface area contributed by atoms with E-state index in [0.29, 0.717) is 22.8 Å². The number of amides is 2. The molecule has 8 heteroatoms. The predicted octanol–water partition coefficient (Wildman–Crippen LogP) is 1.36. The van der Waals surface area contributed by atoms with E-state index in [1.165, 1.54) is 0 Å². The Morgan fingerprint density at radius 2 is 1.91 bits per heavy atom. The van der Waals surface area contributed by atoms with Crippen molar-refractivity contribution in [1.82, 2.24) is 20.4 Å². The third-order valence-corrected chi connectivity index (χ3v) is 4.07. The zero-order valence-corrected chi connectivity index (χ0v) is 13.0. The molecule has 2 amide bonds. The molecule has 2 aliphatic heterocycles. The Morgan fingerprint density at radius 3 is 2.52 bits per heavy atom. The fraction of sp³-hybridized carbons (Fsp3) is 0.333. The molecule has 0 bridgehead atoms. The number of rotatable bonds is 3. The first-order valence-electron chi connectivity index (χ1n) is 7.22. The second kappa shape index (κ2) is 6.10. The van der Waals surface area contributed by atoms with Crippen molar-refractivity contribution in [1.29, 1.82) is 0 Å². The normalized spacial score (nSPS) is 19.8. The van der Waals surface area contributed by atoms with Gasteiger partial charge in [-0.2, -0.15) is 4.98 Å². The molecule has 120 valence electrons. The number of aromatic nitrogens is 2. The van der Waals surface area contributed by atoms with Crippen molar-refractivity contribution in [2.75, 3.05) is 13.1 Å². The maximum atomic E-state index is 12.3. The van der Waals surface area contributed by atoms with Gasteiger partial charge in [-0.25, -0.2) is 0 Å². The molecule has 1 saturated heterocycles. The van der Waals surface area contributed by atoms with Crippen LogP contribution in [0.15, 0.2) is 28.8 Å². The van der Waals surface area contributed by atoms with Gasteiger partial charge in [0, 0.05) is 6.54 Å². The van der Waals surface area contributed by atoms with Crippen LogP contribution in [0, 0.1) is 0 Å². The largest absolute Gasteiger partial charge is 0.339 e. The van der Waals surface area contributed by atoms with Crippen LogP contribution in [0.4, 0.5) is 0 Å². The highest BCUT2D eigenvalue weighted by molar-refractivity contribution is 6.21. The molecule has 0 radical (unpaired) electrons. The summed E-state index contributed by atoms with van der Waals surface area (Å²) in [5.74, 6) is 0.514. The maximum absolute atomic E-state index is 12.3. The number of halogens is 1. The van der Waals surface area contributed by atoms with Crippen LogP contribution in [0.1, 0.15) is 44.8 Å². The van der Waals surface area contributed by atoms with Gasteiger partial charge >= 0.3 is 0 Å². The number of imide groups is 1. The van der Waals surface area contributed by atoms with Gasteiger partial charge in [0.2, 0.25) is 5.89 Å². The number of hydrogen-bond acceptors (Lipinski definition) is 6. The first-order chi connectivity index (χ1) is 10.7. The summed E-state index contributed by atoms with van der Waals surface area (Å²) in [6.07, 6.45) is 0.953. The number of nitrogens with one attached hydrogen (secondary N) is 1. The van der Waals surface area contributed by atoms with Crippen LogP contribution < -0.4 is 5.32 Å². The molecule has 3 heterocycles. The van der Waals surface area contributed by atoms with Crippen molar-refractivity contribution in [2.24, 2.45) is 0 Å². The zero-order valence-electron chi connectivity index (χ0n) is 12.2. The molecule has 4 rings (SSSR count). The summed E-state index contributed by atoms with van der Waals surface area (Å²) >= 11 is 0. The van der Waals surface area contributed by atoms with Crippen LogP contribution in [0.2, 0.25) is 0 Å². The second-order valence-corrected chi connectivity index (χ2v) is 5.48. The van der Waals surface area contributed by atoms with E-state index in [9.17, 15) is 9.59 Å². The van der Waals surface area contributed by atoms with Crippen LogP contribution in [0.3, 0.4) is 0 Å². The van der Waals surface area contributed by atoms with Crippen molar-refractivity contribution in [3.8, 4) is 0 Å². The lowest BCUT2D eigenvalue weighted by molar-refractivity contribution is 0.0637. The molecule has 23 heavy (non-hydrogen) atoms.